The van der Waals surface area contributed by atoms with Crippen LogP contribution in [0, 0.1) is 33.5 Å². The second kappa shape index (κ2) is 13.6. The van der Waals surface area contributed by atoms with Gasteiger partial charge in [-0.15, -0.1) is 0 Å². The molecule has 0 bridgehead atoms. The van der Waals surface area contributed by atoms with E-state index in [0.29, 0.717) is 38.6 Å². The number of carbonyl (C=O) groups is 5. The van der Waals surface area contributed by atoms with Gasteiger partial charge < -0.3 is 26.2 Å². The first kappa shape index (κ1) is 40.8. The third-order valence-electron chi connectivity index (χ3n) is 14.5. The fraction of sp³-hybridized carbons (Fsp3) is 0.875. The van der Waals surface area contributed by atoms with Crippen molar-refractivity contribution in [2.75, 3.05) is 6.54 Å². The fourth-order valence-electron chi connectivity index (χ4n) is 10.8. The number of rotatable bonds is 11. The summed E-state index contributed by atoms with van der Waals surface area (Å²) >= 11 is 0. The maximum atomic E-state index is 15.1. The van der Waals surface area contributed by atoms with Gasteiger partial charge in [0.25, 0.3) is 5.91 Å². The van der Waals surface area contributed by atoms with E-state index in [4.69, 9.17) is 0 Å². The van der Waals surface area contributed by atoms with Gasteiger partial charge in [-0.2, -0.15) is 0 Å². The maximum Gasteiger partial charge on any atom is 0.315 e. The minimum atomic E-state index is -3.83. The molecule has 13 nitrogen and oxygen atoms in total. The number of carbonyl (C=O) groups excluding carboxylic acids is 5. The molecule has 1 aliphatic heterocycles. The van der Waals surface area contributed by atoms with Crippen LogP contribution < -0.4 is 26.0 Å². The largest absolute Gasteiger partial charge is 0.342 e. The molecule has 0 aromatic carbocycles. The molecule has 6 fully saturated rings. The molecule has 5 N–H and O–H groups in total. The van der Waals surface area contributed by atoms with Gasteiger partial charge in [-0.05, 0) is 100 Å². The topological polar surface area (TPSA) is 183 Å². The van der Waals surface area contributed by atoms with E-state index in [2.05, 4.69) is 39.8 Å². The Labute approximate surface area is 322 Å². The molecule has 0 aromatic heterocycles. The molecule has 6 amide bonds. The number of urea groups is 1. The second-order valence-electron chi connectivity index (χ2n) is 20.3. The molecule has 2 spiro atoms. The van der Waals surface area contributed by atoms with Crippen LogP contribution in [0.1, 0.15) is 146 Å². The molecule has 6 rings (SSSR count). The van der Waals surface area contributed by atoms with Crippen molar-refractivity contribution in [2.24, 2.45) is 33.5 Å². The molecule has 1 unspecified atom stereocenters. The summed E-state index contributed by atoms with van der Waals surface area (Å²) in [7, 11) is -3.83. The maximum absolute atomic E-state index is 15.1. The van der Waals surface area contributed by atoms with Gasteiger partial charge >= 0.3 is 6.03 Å². The molecule has 6 aliphatic rings. The van der Waals surface area contributed by atoms with Crippen molar-refractivity contribution < 1.29 is 32.4 Å². The Balaban J connectivity index is 1.28. The monoisotopic (exact) mass is 774 g/mol. The number of sulfonamides is 1. The Morgan fingerprint density at radius 3 is 1.94 bits per heavy atom. The van der Waals surface area contributed by atoms with Gasteiger partial charge in [0.1, 0.15) is 23.7 Å². The third-order valence-corrected chi connectivity index (χ3v) is 16.3. The summed E-state index contributed by atoms with van der Waals surface area (Å²) in [5, 5.41) is 11.3. The molecule has 304 valence electrons. The first-order chi connectivity index (χ1) is 25.0. The highest BCUT2D eigenvalue weighted by Crippen LogP contribution is 2.88. The Bertz CT molecular complexity index is 1650. The molecule has 1 saturated heterocycles. The van der Waals surface area contributed by atoms with Crippen LogP contribution in [-0.4, -0.2) is 84.0 Å². The van der Waals surface area contributed by atoms with E-state index in [1.54, 1.807) is 4.90 Å². The Hall–Kier alpha value is -2.90. The zero-order valence-electron chi connectivity index (χ0n) is 34.1. The average Bonchev–Trinajstić information content (AvgIpc) is 3.99. The lowest BCUT2D eigenvalue weighted by Gasteiger charge is -2.38. The van der Waals surface area contributed by atoms with Crippen LogP contribution in [0.25, 0.3) is 0 Å². The second-order valence-corrected chi connectivity index (χ2v) is 22.3. The number of amides is 6. The zero-order chi connectivity index (χ0) is 39.9. The van der Waals surface area contributed by atoms with E-state index in [1.165, 1.54) is 0 Å². The Morgan fingerprint density at radius 2 is 1.46 bits per heavy atom. The number of likely N-dealkylation sites (tertiary alicyclic amines) is 1. The summed E-state index contributed by atoms with van der Waals surface area (Å²) in [4.78, 5) is 72.5. The molecule has 0 aromatic rings. The van der Waals surface area contributed by atoms with Crippen LogP contribution in [0.2, 0.25) is 0 Å². The van der Waals surface area contributed by atoms with Crippen LogP contribution in [-0.2, 0) is 29.2 Å². The van der Waals surface area contributed by atoms with Crippen molar-refractivity contribution in [2.45, 2.75) is 180 Å². The standard InChI is InChI=1S/C40H66N6O7S/c1-10-25-21-40(25,33(50)45-54(52,53)26-17-18-26)43-30(47)27-22-39(37(8,9)38(39)19-14-20-38)23-46(27)32(49)29(35(2,3)4)42-31(48)28(24-15-12-11-13-16-24)41-34(51)44-36(5,6)7/h24-29H,10-23H2,1-9H3,(H,42,48)(H,43,47)(H,45,50)(H2,41,44,51)/t25-,27+,28+,29?,39-,40-/m1/s1. The molecule has 1 heterocycles. The number of hydrogen-bond acceptors (Lipinski definition) is 7. The van der Waals surface area contributed by atoms with Crippen LogP contribution in [0.5, 0.6) is 0 Å². The van der Waals surface area contributed by atoms with Crippen molar-refractivity contribution in [1.82, 2.24) is 30.9 Å². The predicted octanol–water partition coefficient (Wildman–Crippen LogP) is 4.25. The van der Waals surface area contributed by atoms with Gasteiger partial charge in [-0.1, -0.05) is 73.6 Å². The van der Waals surface area contributed by atoms with Gasteiger partial charge in [0, 0.05) is 17.5 Å². The van der Waals surface area contributed by atoms with Crippen molar-refractivity contribution in [3.63, 3.8) is 0 Å². The molecule has 6 atom stereocenters. The smallest absolute Gasteiger partial charge is 0.315 e. The number of fused-ring (bicyclic) bond motifs is 1. The number of hydrogen-bond donors (Lipinski definition) is 5. The van der Waals surface area contributed by atoms with Gasteiger partial charge in [0.15, 0.2) is 0 Å². The van der Waals surface area contributed by atoms with Crippen molar-refractivity contribution in [3.8, 4) is 0 Å². The van der Waals surface area contributed by atoms with Crippen LogP contribution in [0.4, 0.5) is 4.79 Å². The first-order valence-electron chi connectivity index (χ1n) is 20.5. The van der Waals surface area contributed by atoms with Crippen LogP contribution >= 0.6 is 0 Å². The quantitative estimate of drug-likeness (QED) is 0.208. The summed E-state index contributed by atoms with van der Waals surface area (Å²) < 4.78 is 27.9. The molecule has 14 heteroatoms. The van der Waals surface area contributed by atoms with Gasteiger partial charge in [-0.25, -0.2) is 13.2 Å². The predicted molar refractivity (Wildman–Crippen MR) is 205 cm³/mol. The third kappa shape index (κ3) is 7.03. The SMILES string of the molecule is CC[C@@H]1C[C@]1(NC(=O)[C@@H]1C[C@@]2(CN1C(=O)C(NC(=O)[C@@H](NC(=O)NC(C)(C)C)C1CCCCC1)C(C)(C)C)C(C)(C)C21CCC1)C(=O)NS(=O)(=O)C1CC1. The lowest BCUT2D eigenvalue weighted by molar-refractivity contribution is -0.145. The lowest BCUT2D eigenvalue weighted by atomic mass is 9.73. The molecule has 5 aliphatic carbocycles. The van der Waals surface area contributed by atoms with E-state index >= 15 is 4.79 Å². The summed E-state index contributed by atoms with van der Waals surface area (Å²) in [6.07, 6.45) is 10.00. The van der Waals surface area contributed by atoms with Crippen molar-refractivity contribution in [3.05, 3.63) is 0 Å². The Morgan fingerprint density at radius 1 is 0.833 bits per heavy atom. The summed E-state index contributed by atoms with van der Waals surface area (Å²) in [6.45, 7) is 18.0. The van der Waals surface area contributed by atoms with Gasteiger partial charge in [-0.3, -0.25) is 23.9 Å². The highest BCUT2D eigenvalue weighted by molar-refractivity contribution is 7.91. The highest BCUT2D eigenvalue weighted by atomic mass is 32.2. The number of nitrogens with one attached hydrogen (secondary N) is 5. The van der Waals surface area contributed by atoms with Crippen molar-refractivity contribution in [1.29, 1.82) is 0 Å². The van der Waals surface area contributed by atoms with Gasteiger partial charge in [0.05, 0.1) is 5.25 Å². The fourth-order valence-corrected chi connectivity index (χ4v) is 12.2. The first-order valence-corrected chi connectivity index (χ1v) is 22.1. The average molecular weight is 775 g/mol. The Kier molecular flexibility index (Phi) is 10.3. The normalized spacial score (nSPS) is 31.2. The summed E-state index contributed by atoms with van der Waals surface area (Å²) in [5.74, 6) is -2.29. The summed E-state index contributed by atoms with van der Waals surface area (Å²) in [6, 6.07) is -3.22. The van der Waals surface area contributed by atoms with Crippen LogP contribution in [0.3, 0.4) is 0 Å². The van der Waals surface area contributed by atoms with Crippen LogP contribution in [0.15, 0.2) is 0 Å². The van der Waals surface area contributed by atoms with E-state index in [0.717, 1.165) is 51.4 Å². The molecule has 54 heavy (non-hydrogen) atoms. The highest BCUT2D eigenvalue weighted by Gasteiger charge is 2.85. The zero-order valence-corrected chi connectivity index (χ0v) is 34.9. The van der Waals surface area contributed by atoms with E-state index in [1.807, 2.05) is 48.5 Å². The summed E-state index contributed by atoms with van der Waals surface area (Å²) in [5.41, 5.74) is -3.07. The van der Waals surface area contributed by atoms with E-state index < -0.39 is 73.6 Å². The minimum absolute atomic E-state index is 0.00336. The number of nitrogens with zero attached hydrogens (tertiary/aromatic N) is 1. The minimum Gasteiger partial charge on any atom is -0.342 e. The molecular formula is C40H66N6O7S. The molecule has 5 saturated carbocycles. The van der Waals surface area contributed by atoms with Crippen molar-refractivity contribution >= 4 is 39.7 Å². The van der Waals surface area contributed by atoms with E-state index in [-0.39, 0.29) is 34.0 Å². The molecule has 0 radical (unpaired) electrons. The molecular weight excluding hydrogens is 709 g/mol. The van der Waals surface area contributed by atoms with Gasteiger partial charge in [0.2, 0.25) is 27.7 Å². The van der Waals surface area contributed by atoms with E-state index in [9.17, 15) is 27.6 Å². The lowest BCUT2D eigenvalue weighted by Crippen LogP contribution is -2.63.